The largest absolute Gasteiger partial charge is 0.486 e. The molecule has 21 heavy (non-hydrogen) atoms. The van der Waals surface area contributed by atoms with Gasteiger partial charge in [0.15, 0.2) is 4.96 Å². The van der Waals surface area contributed by atoms with Crippen molar-refractivity contribution in [3.05, 3.63) is 61.7 Å². The van der Waals surface area contributed by atoms with Crippen molar-refractivity contribution in [2.45, 2.75) is 13.5 Å². The lowest BCUT2D eigenvalue weighted by molar-refractivity contribution is 0.299. The number of aromatic nitrogens is 2. The van der Waals surface area contributed by atoms with Crippen molar-refractivity contribution in [3.8, 4) is 5.75 Å². The topological polar surface area (TPSA) is 43.6 Å². The summed E-state index contributed by atoms with van der Waals surface area (Å²) < 4.78 is 20.6. The Hall–Kier alpha value is -1.73. The first-order valence-electron chi connectivity index (χ1n) is 6.09. The second-order valence-corrected chi connectivity index (χ2v) is 6.14. The van der Waals surface area contributed by atoms with Gasteiger partial charge in [0.25, 0.3) is 5.56 Å². The fraction of sp³-hybridized carbons (Fsp3) is 0.143. The second kappa shape index (κ2) is 5.57. The van der Waals surface area contributed by atoms with E-state index in [4.69, 9.17) is 4.74 Å². The number of hydrogen-bond acceptors (Lipinski definition) is 4. The summed E-state index contributed by atoms with van der Waals surface area (Å²) in [5, 5.41) is 1.88. The molecule has 3 rings (SSSR count). The Kier molecular flexibility index (Phi) is 3.77. The number of aryl methyl sites for hydroxylation is 1. The summed E-state index contributed by atoms with van der Waals surface area (Å²) in [6, 6.07) is 5.61. The number of nitrogens with zero attached hydrogens (tertiary/aromatic N) is 2. The molecule has 0 spiro atoms. The van der Waals surface area contributed by atoms with E-state index in [1.54, 1.807) is 4.40 Å². The number of rotatable bonds is 3. The van der Waals surface area contributed by atoms with Crippen molar-refractivity contribution in [1.82, 2.24) is 9.38 Å². The molecule has 0 amide bonds. The molecule has 0 radical (unpaired) electrons. The third-order valence-corrected chi connectivity index (χ3v) is 4.46. The van der Waals surface area contributed by atoms with Crippen molar-refractivity contribution in [1.29, 1.82) is 0 Å². The van der Waals surface area contributed by atoms with E-state index < -0.39 is 0 Å². The summed E-state index contributed by atoms with van der Waals surface area (Å²) in [5.41, 5.74) is 1.27. The maximum Gasteiger partial charge on any atom is 0.259 e. The fourth-order valence-corrected chi connectivity index (χ4v) is 3.27. The molecule has 2 heterocycles. The molecule has 3 aromatic rings. The molecule has 0 atom stereocenters. The number of hydrogen-bond donors (Lipinski definition) is 0. The molecular weight excluding hydrogens is 359 g/mol. The number of thiazole rings is 1. The predicted octanol–water partition coefficient (Wildman–Crippen LogP) is 3.55. The maximum atomic E-state index is 13.0. The molecule has 0 aliphatic carbocycles. The van der Waals surface area contributed by atoms with Gasteiger partial charge in [0.1, 0.15) is 18.2 Å². The van der Waals surface area contributed by atoms with Gasteiger partial charge in [-0.2, -0.15) is 0 Å². The SMILES string of the molecule is Cc1csc2nc(COc3ccc(F)cc3Br)cc(=O)n12. The van der Waals surface area contributed by atoms with Crippen molar-refractivity contribution in [2.75, 3.05) is 0 Å². The Morgan fingerprint density at radius 3 is 3.00 bits per heavy atom. The molecule has 0 aliphatic rings. The van der Waals surface area contributed by atoms with Gasteiger partial charge >= 0.3 is 0 Å². The second-order valence-electron chi connectivity index (χ2n) is 4.44. The molecule has 4 nitrogen and oxygen atoms in total. The molecule has 2 aromatic heterocycles. The Bertz CT molecular complexity index is 875. The van der Waals surface area contributed by atoms with Gasteiger partial charge < -0.3 is 4.74 Å². The summed E-state index contributed by atoms with van der Waals surface area (Å²) in [6.07, 6.45) is 0. The molecule has 108 valence electrons. The average molecular weight is 369 g/mol. The van der Waals surface area contributed by atoms with Crippen LogP contribution in [0.15, 0.2) is 38.9 Å². The van der Waals surface area contributed by atoms with E-state index >= 15 is 0 Å². The third kappa shape index (κ3) is 2.84. The first-order chi connectivity index (χ1) is 10.0. The minimum absolute atomic E-state index is 0.129. The van der Waals surface area contributed by atoms with Crippen LogP contribution >= 0.6 is 27.3 Å². The van der Waals surface area contributed by atoms with Crippen LogP contribution in [0.25, 0.3) is 4.96 Å². The normalized spacial score (nSPS) is 11.0. The van der Waals surface area contributed by atoms with Gasteiger partial charge in [-0.25, -0.2) is 9.37 Å². The summed E-state index contributed by atoms with van der Waals surface area (Å²) >= 11 is 4.64. The lowest BCUT2D eigenvalue weighted by Gasteiger charge is -2.07. The van der Waals surface area contributed by atoms with Gasteiger partial charge in [0.05, 0.1) is 10.2 Å². The minimum Gasteiger partial charge on any atom is -0.486 e. The number of benzene rings is 1. The van der Waals surface area contributed by atoms with Crippen molar-refractivity contribution < 1.29 is 9.13 Å². The predicted molar refractivity (Wildman–Crippen MR) is 82.5 cm³/mol. The molecule has 0 unspecified atom stereocenters. The summed E-state index contributed by atoms with van der Waals surface area (Å²) in [5.74, 6) is 0.154. The van der Waals surface area contributed by atoms with E-state index in [1.807, 2.05) is 12.3 Å². The van der Waals surface area contributed by atoms with Crippen LogP contribution in [0.4, 0.5) is 4.39 Å². The van der Waals surface area contributed by atoms with E-state index in [-0.39, 0.29) is 18.0 Å². The highest BCUT2D eigenvalue weighted by Crippen LogP contribution is 2.26. The fourth-order valence-electron chi connectivity index (χ4n) is 1.92. The minimum atomic E-state index is -0.346. The van der Waals surface area contributed by atoms with Crippen molar-refractivity contribution in [3.63, 3.8) is 0 Å². The Morgan fingerprint density at radius 2 is 2.24 bits per heavy atom. The molecule has 0 fully saturated rings. The first kappa shape index (κ1) is 14.2. The summed E-state index contributed by atoms with van der Waals surface area (Å²) in [6.45, 7) is 2.01. The molecule has 0 bridgehead atoms. The van der Waals surface area contributed by atoms with Gasteiger partial charge in [-0.15, -0.1) is 11.3 Å². The Balaban J connectivity index is 1.87. The van der Waals surface area contributed by atoms with Gasteiger partial charge in [0, 0.05) is 17.1 Å². The number of halogens is 2. The Morgan fingerprint density at radius 1 is 1.43 bits per heavy atom. The maximum absolute atomic E-state index is 13.0. The van der Waals surface area contributed by atoms with E-state index in [9.17, 15) is 9.18 Å². The smallest absolute Gasteiger partial charge is 0.259 e. The lowest BCUT2D eigenvalue weighted by atomic mass is 10.3. The molecule has 0 aliphatic heterocycles. The third-order valence-electron chi connectivity index (χ3n) is 2.90. The van der Waals surface area contributed by atoms with Crippen LogP contribution in [-0.4, -0.2) is 9.38 Å². The average Bonchev–Trinajstić information content (AvgIpc) is 2.80. The van der Waals surface area contributed by atoms with Gasteiger partial charge in [-0.05, 0) is 41.1 Å². The van der Waals surface area contributed by atoms with Crippen molar-refractivity contribution >= 4 is 32.2 Å². The molecule has 0 saturated heterocycles. The van der Waals surface area contributed by atoms with E-state index in [2.05, 4.69) is 20.9 Å². The summed E-state index contributed by atoms with van der Waals surface area (Å²) in [7, 11) is 0. The van der Waals surface area contributed by atoms with Crippen LogP contribution in [0.5, 0.6) is 5.75 Å². The quantitative estimate of drug-likeness (QED) is 0.709. The highest BCUT2D eigenvalue weighted by molar-refractivity contribution is 9.10. The molecule has 0 N–H and O–H groups in total. The van der Waals surface area contributed by atoms with Crippen molar-refractivity contribution in [2.24, 2.45) is 0 Å². The zero-order valence-corrected chi connectivity index (χ0v) is 13.4. The highest BCUT2D eigenvalue weighted by atomic mass is 79.9. The van der Waals surface area contributed by atoms with Crippen LogP contribution < -0.4 is 10.3 Å². The van der Waals surface area contributed by atoms with Crippen LogP contribution in [-0.2, 0) is 6.61 Å². The number of fused-ring (bicyclic) bond motifs is 1. The molecular formula is C14H10BrFN2O2S. The van der Waals surface area contributed by atoms with Crippen LogP contribution in [0.3, 0.4) is 0 Å². The molecule has 7 heteroatoms. The zero-order chi connectivity index (χ0) is 15.0. The van der Waals surface area contributed by atoms with Gasteiger partial charge in [0.2, 0.25) is 0 Å². The highest BCUT2D eigenvalue weighted by Gasteiger charge is 2.08. The Labute approximate surface area is 132 Å². The zero-order valence-electron chi connectivity index (χ0n) is 11.0. The number of ether oxygens (including phenoxy) is 1. The van der Waals surface area contributed by atoms with E-state index in [1.165, 1.54) is 35.6 Å². The van der Waals surface area contributed by atoms with Crippen LogP contribution in [0.1, 0.15) is 11.4 Å². The van der Waals surface area contributed by atoms with Gasteiger partial charge in [-0.1, -0.05) is 0 Å². The first-order valence-corrected chi connectivity index (χ1v) is 7.76. The van der Waals surface area contributed by atoms with E-state index in [0.29, 0.717) is 20.9 Å². The van der Waals surface area contributed by atoms with Crippen LogP contribution in [0.2, 0.25) is 0 Å². The van der Waals surface area contributed by atoms with Crippen LogP contribution in [0, 0.1) is 12.7 Å². The monoisotopic (exact) mass is 368 g/mol. The standard InChI is InChI=1S/C14H10BrFN2O2S/c1-8-7-21-14-17-10(5-13(19)18(8)14)6-20-12-3-2-9(16)4-11(12)15/h2-5,7H,6H2,1H3. The summed E-state index contributed by atoms with van der Waals surface area (Å²) in [4.78, 5) is 17.0. The van der Waals surface area contributed by atoms with E-state index in [0.717, 1.165) is 5.69 Å². The lowest BCUT2D eigenvalue weighted by Crippen LogP contribution is -2.16. The van der Waals surface area contributed by atoms with Gasteiger partial charge in [-0.3, -0.25) is 9.20 Å². The molecule has 0 saturated carbocycles. The molecule has 1 aromatic carbocycles.